The maximum atomic E-state index is 15.1. The number of aryl methyl sites for hydroxylation is 1. The van der Waals surface area contributed by atoms with E-state index in [2.05, 4.69) is 16.9 Å². The lowest BCUT2D eigenvalue weighted by molar-refractivity contribution is -0.145. The molecular formula is C43H45ClN4O6. The topological polar surface area (TPSA) is 111 Å². The zero-order valence-corrected chi connectivity index (χ0v) is 32.0. The summed E-state index contributed by atoms with van der Waals surface area (Å²) in [7, 11) is 5.81. The first-order valence-corrected chi connectivity index (χ1v) is 18.1. The lowest BCUT2D eigenvalue weighted by Gasteiger charge is -2.37. The van der Waals surface area contributed by atoms with Gasteiger partial charge in [0.1, 0.15) is 6.04 Å². The van der Waals surface area contributed by atoms with Gasteiger partial charge < -0.3 is 24.0 Å². The second-order valence-corrected chi connectivity index (χ2v) is 13.3. The molecule has 0 radical (unpaired) electrons. The van der Waals surface area contributed by atoms with Gasteiger partial charge in [0.05, 0.1) is 21.3 Å². The Hall–Kier alpha value is -5.74. The van der Waals surface area contributed by atoms with Crippen molar-refractivity contribution >= 4 is 29.2 Å². The number of likely N-dealkylation sites (N-methyl/N-ethyl adjacent to an activating group) is 1. The molecule has 10 nitrogen and oxygen atoms in total. The van der Waals surface area contributed by atoms with Gasteiger partial charge in [-0.05, 0) is 84.0 Å². The van der Waals surface area contributed by atoms with Gasteiger partial charge in [0.25, 0.3) is 11.7 Å². The van der Waals surface area contributed by atoms with Crippen LogP contribution in [0.15, 0.2) is 110 Å². The molecule has 2 amide bonds. The molecule has 2 aromatic heterocycles. The van der Waals surface area contributed by atoms with Crippen molar-refractivity contribution in [2.24, 2.45) is 0 Å². The number of ketones is 1. The maximum absolute atomic E-state index is 15.1. The Morgan fingerprint density at radius 2 is 1.44 bits per heavy atom. The van der Waals surface area contributed by atoms with E-state index >= 15 is 4.79 Å². The Labute approximate surface area is 321 Å². The molecule has 0 saturated carbocycles. The summed E-state index contributed by atoms with van der Waals surface area (Å²) in [5, 5.41) is 0.544. The van der Waals surface area contributed by atoms with Crippen molar-refractivity contribution in [3.05, 3.63) is 137 Å². The highest BCUT2D eigenvalue weighted by molar-refractivity contribution is 6.43. The predicted molar refractivity (Wildman–Crippen MR) is 209 cm³/mol. The van der Waals surface area contributed by atoms with Crippen LogP contribution < -0.4 is 14.2 Å². The zero-order valence-electron chi connectivity index (χ0n) is 31.2. The number of hydrogen-bond donors (Lipinski definition) is 0. The van der Waals surface area contributed by atoms with Crippen LogP contribution in [0.1, 0.15) is 46.8 Å². The number of ether oxygens (including phenoxy) is 3. The van der Waals surface area contributed by atoms with Crippen LogP contribution in [0.2, 0.25) is 5.02 Å². The van der Waals surface area contributed by atoms with Crippen molar-refractivity contribution in [3.8, 4) is 28.4 Å². The zero-order chi connectivity index (χ0) is 38.6. The van der Waals surface area contributed by atoms with Crippen LogP contribution in [0.4, 0.5) is 0 Å². The number of benzene rings is 3. The van der Waals surface area contributed by atoms with Crippen LogP contribution in [-0.2, 0) is 29.0 Å². The second-order valence-electron chi connectivity index (χ2n) is 12.8. The molecule has 2 unspecified atom stereocenters. The third-order valence-electron chi connectivity index (χ3n) is 9.58. The Morgan fingerprint density at radius 3 is 2.06 bits per heavy atom. The van der Waals surface area contributed by atoms with Crippen molar-refractivity contribution in [2.75, 3.05) is 28.4 Å². The van der Waals surface area contributed by atoms with Gasteiger partial charge in [-0.2, -0.15) is 0 Å². The molecule has 2 heterocycles. The molecule has 0 fully saturated rings. The van der Waals surface area contributed by atoms with Crippen LogP contribution in [0.5, 0.6) is 17.2 Å². The SMILES string of the molecule is CCC(CCc1ccncc1-c1ccncc1)N(Cc1ccccc1)C(=O)C(Cc1ccc(Cl)cc1)N(C)C(=O)C(=O)c1cc(OC)c(OC)c(OC)c1. The van der Waals surface area contributed by atoms with Crippen LogP contribution in [-0.4, -0.2) is 77.8 Å². The number of pyridine rings is 2. The first-order valence-electron chi connectivity index (χ1n) is 17.7. The summed E-state index contributed by atoms with van der Waals surface area (Å²) in [5.41, 5.74) is 4.88. The van der Waals surface area contributed by atoms with E-state index in [1.54, 1.807) is 30.7 Å². The molecule has 280 valence electrons. The van der Waals surface area contributed by atoms with E-state index in [4.69, 9.17) is 25.8 Å². The normalized spacial score (nSPS) is 12.0. The molecule has 2 atom stereocenters. The maximum Gasteiger partial charge on any atom is 0.295 e. The van der Waals surface area contributed by atoms with Gasteiger partial charge in [0.2, 0.25) is 11.7 Å². The third-order valence-corrected chi connectivity index (χ3v) is 9.83. The summed E-state index contributed by atoms with van der Waals surface area (Å²) in [6, 6.07) is 24.4. The quantitative estimate of drug-likeness (QED) is 0.0710. The minimum atomic E-state index is -1.03. The van der Waals surface area contributed by atoms with Gasteiger partial charge in [-0.25, -0.2) is 0 Å². The average molecular weight is 749 g/mol. The molecule has 11 heteroatoms. The standard InChI is InChI=1S/C43H45ClN4O6/c1-6-35(17-14-31-20-23-46-27-36(31)32-18-21-45-22-19-32)48(28-30-10-8-7-9-11-30)42(50)37(24-29-12-15-34(44)16-13-29)47(2)43(51)40(49)33-25-38(52-3)41(54-5)39(26-33)53-4/h7-13,15-16,18-23,25-27,35,37H,6,14,17,24,28H2,1-5H3. The van der Waals surface area contributed by atoms with Crippen molar-refractivity contribution in [3.63, 3.8) is 0 Å². The highest BCUT2D eigenvalue weighted by Crippen LogP contribution is 2.38. The highest BCUT2D eigenvalue weighted by atomic mass is 35.5. The summed E-state index contributed by atoms with van der Waals surface area (Å²) in [5.74, 6) is -1.22. The van der Waals surface area contributed by atoms with Gasteiger partial charge in [-0.15, -0.1) is 0 Å². The van der Waals surface area contributed by atoms with Crippen molar-refractivity contribution in [1.29, 1.82) is 0 Å². The smallest absolute Gasteiger partial charge is 0.295 e. The van der Waals surface area contributed by atoms with Crippen LogP contribution in [0, 0.1) is 0 Å². The van der Waals surface area contributed by atoms with E-state index in [-0.39, 0.29) is 41.2 Å². The van der Waals surface area contributed by atoms with Crippen molar-refractivity contribution < 1.29 is 28.6 Å². The fourth-order valence-corrected chi connectivity index (χ4v) is 6.69. The summed E-state index contributed by atoms with van der Waals surface area (Å²) < 4.78 is 16.3. The van der Waals surface area contributed by atoms with E-state index < -0.39 is 17.7 Å². The summed E-state index contributed by atoms with van der Waals surface area (Å²) in [6.45, 7) is 2.37. The Morgan fingerprint density at radius 1 is 0.796 bits per heavy atom. The molecule has 0 aliphatic rings. The molecule has 3 aromatic carbocycles. The van der Waals surface area contributed by atoms with Crippen LogP contribution in [0.25, 0.3) is 11.1 Å². The number of nitrogens with zero attached hydrogens (tertiary/aromatic N) is 4. The molecule has 0 aliphatic heterocycles. The largest absolute Gasteiger partial charge is 0.493 e. The summed E-state index contributed by atoms with van der Waals surface area (Å²) in [4.78, 5) is 54.8. The first-order chi connectivity index (χ1) is 26.2. The van der Waals surface area contributed by atoms with Gasteiger partial charge in [0.15, 0.2) is 11.5 Å². The molecule has 0 saturated heterocycles. The number of hydrogen-bond acceptors (Lipinski definition) is 8. The number of aromatic nitrogens is 2. The molecule has 0 spiro atoms. The first kappa shape index (κ1) is 39.5. The second kappa shape index (κ2) is 18.8. The van der Waals surface area contributed by atoms with Gasteiger partial charge in [-0.3, -0.25) is 24.4 Å². The predicted octanol–water partition coefficient (Wildman–Crippen LogP) is 7.52. The Balaban J connectivity index is 1.51. The van der Waals surface area contributed by atoms with Crippen LogP contribution in [0.3, 0.4) is 0 Å². The average Bonchev–Trinajstić information content (AvgIpc) is 3.22. The van der Waals surface area contributed by atoms with Crippen LogP contribution >= 0.6 is 11.6 Å². The van der Waals surface area contributed by atoms with Gasteiger partial charge in [0, 0.05) is 67.0 Å². The molecule has 54 heavy (non-hydrogen) atoms. The van der Waals surface area contributed by atoms with Crippen molar-refractivity contribution in [2.45, 2.75) is 51.2 Å². The van der Waals surface area contributed by atoms with Gasteiger partial charge in [-0.1, -0.05) is 61.0 Å². The lowest BCUT2D eigenvalue weighted by Crippen LogP contribution is -2.54. The fourth-order valence-electron chi connectivity index (χ4n) is 6.56. The minimum Gasteiger partial charge on any atom is -0.493 e. The number of methoxy groups -OCH3 is 3. The molecule has 5 rings (SSSR count). The van der Waals surface area contributed by atoms with E-state index in [1.165, 1.54) is 45.4 Å². The molecule has 0 aliphatic carbocycles. The van der Waals surface area contributed by atoms with Gasteiger partial charge >= 0.3 is 0 Å². The highest BCUT2D eigenvalue weighted by Gasteiger charge is 2.36. The monoisotopic (exact) mass is 748 g/mol. The molecule has 0 bridgehead atoms. The number of carbonyl (C=O) groups excluding carboxylic acids is 3. The number of carbonyl (C=O) groups is 3. The third kappa shape index (κ3) is 9.43. The number of Topliss-reactive ketones (excluding diaryl/α,β-unsaturated/α-hetero) is 1. The fraction of sp³-hybridized carbons (Fsp3) is 0.279. The van der Waals surface area contributed by atoms with E-state index in [1.807, 2.05) is 71.8 Å². The summed E-state index contributed by atoms with van der Waals surface area (Å²) >= 11 is 6.22. The van der Waals surface area contributed by atoms with E-state index in [0.29, 0.717) is 30.8 Å². The number of amides is 2. The van der Waals surface area contributed by atoms with E-state index in [0.717, 1.165) is 27.8 Å². The number of rotatable bonds is 17. The molecule has 5 aromatic rings. The number of halogens is 1. The lowest BCUT2D eigenvalue weighted by atomic mass is 9.95. The minimum absolute atomic E-state index is 0.0361. The van der Waals surface area contributed by atoms with E-state index in [9.17, 15) is 9.59 Å². The molecule has 0 N–H and O–H groups in total. The Kier molecular flexibility index (Phi) is 13.8. The van der Waals surface area contributed by atoms with Crippen molar-refractivity contribution in [1.82, 2.24) is 19.8 Å². The summed E-state index contributed by atoms with van der Waals surface area (Å²) in [6.07, 6.45) is 9.27. The Bertz CT molecular complexity index is 2000. The molecular weight excluding hydrogens is 704 g/mol.